The van der Waals surface area contributed by atoms with Crippen LogP contribution in [-0.2, 0) is 9.84 Å². The molecule has 0 radical (unpaired) electrons. The Bertz CT molecular complexity index is 980. The molecule has 2 aromatic rings. The van der Waals surface area contributed by atoms with Gasteiger partial charge in [-0.05, 0) is 55.3 Å². The zero-order valence-corrected chi connectivity index (χ0v) is 15.1. The Morgan fingerprint density at radius 3 is 2.15 bits per heavy atom. The van der Waals surface area contributed by atoms with Gasteiger partial charge in [-0.3, -0.25) is 4.79 Å². The van der Waals surface area contributed by atoms with Crippen molar-refractivity contribution in [3.8, 4) is 0 Å². The summed E-state index contributed by atoms with van der Waals surface area (Å²) in [6.45, 7) is 0. The third kappa shape index (κ3) is 4.00. The summed E-state index contributed by atoms with van der Waals surface area (Å²) in [4.78, 5) is 23.2. The van der Waals surface area contributed by atoms with Gasteiger partial charge in [0.15, 0.2) is 9.84 Å². The second kappa shape index (κ2) is 7.48. The highest BCUT2D eigenvalue weighted by Crippen LogP contribution is 2.29. The second-order valence-corrected chi connectivity index (χ2v) is 8.66. The number of sulfone groups is 1. The Hall–Kier alpha value is -2.74. The Labute approximate surface area is 155 Å². The Morgan fingerprint density at radius 1 is 1.00 bits per heavy atom. The van der Waals surface area contributed by atoms with E-state index in [1.54, 1.807) is 0 Å². The smallest absolute Gasteiger partial charge is 0.335 e. The molecular formula is C19H18FNO5S. The Morgan fingerprint density at radius 2 is 1.59 bits per heavy atom. The average molecular weight is 391 g/mol. The molecule has 0 atom stereocenters. The Kier molecular flexibility index (Phi) is 5.27. The first-order valence-corrected chi connectivity index (χ1v) is 10.0. The van der Waals surface area contributed by atoms with Crippen LogP contribution in [0.3, 0.4) is 0 Å². The molecule has 3 rings (SSSR count). The third-order valence-electron chi connectivity index (χ3n) is 4.65. The van der Waals surface area contributed by atoms with Gasteiger partial charge >= 0.3 is 5.97 Å². The first kappa shape index (κ1) is 19.0. The van der Waals surface area contributed by atoms with Crippen LogP contribution in [0, 0.1) is 5.82 Å². The molecule has 1 aliphatic rings. The first-order chi connectivity index (χ1) is 12.8. The number of carboxylic acid groups (broad SMARTS) is 1. The van der Waals surface area contributed by atoms with E-state index in [-0.39, 0.29) is 27.0 Å². The third-order valence-corrected chi connectivity index (χ3v) is 6.93. The molecule has 1 fully saturated rings. The molecule has 0 spiro atoms. The van der Waals surface area contributed by atoms with Crippen molar-refractivity contribution in [1.29, 1.82) is 0 Å². The number of amides is 1. The number of hydrogen-bond acceptors (Lipinski definition) is 4. The first-order valence-electron chi connectivity index (χ1n) is 8.47. The molecule has 2 N–H and O–H groups in total. The number of benzene rings is 2. The number of nitrogens with one attached hydrogen (secondary N) is 1. The van der Waals surface area contributed by atoms with Crippen molar-refractivity contribution in [2.45, 2.75) is 35.8 Å². The molecule has 0 bridgehead atoms. The van der Waals surface area contributed by atoms with Gasteiger partial charge in [-0.2, -0.15) is 0 Å². The van der Waals surface area contributed by atoms with Crippen LogP contribution in [0.15, 0.2) is 47.4 Å². The summed E-state index contributed by atoms with van der Waals surface area (Å²) >= 11 is 0. The molecule has 8 heteroatoms. The van der Waals surface area contributed by atoms with Gasteiger partial charge in [-0.25, -0.2) is 17.6 Å². The molecule has 1 amide bonds. The normalized spacial score (nSPS) is 14.9. The number of anilines is 1. The SMILES string of the molecule is O=C(O)c1ccc(NC(=O)c2ccc(S(=O)(=O)C3CCCC3)cc2)c(F)c1. The van der Waals surface area contributed by atoms with Crippen LogP contribution >= 0.6 is 0 Å². The van der Waals surface area contributed by atoms with E-state index in [4.69, 9.17) is 5.11 Å². The topological polar surface area (TPSA) is 101 Å². The molecule has 0 heterocycles. The molecule has 0 aromatic heterocycles. The molecule has 142 valence electrons. The monoisotopic (exact) mass is 391 g/mol. The summed E-state index contributed by atoms with van der Waals surface area (Å²) in [5.74, 6) is -2.77. The van der Waals surface area contributed by atoms with E-state index in [9.17, 15) is 22.4 Å². The van der Waals surface area contributed by atoms with Gasteiger partial charge in [-0.1, -0.05) is 12.8 Å². The number of rotatable bonds is 5. The molecule has 0 unspecified atom stereocenters. The minimum atomic E-state index is -3.41. The summed E-state index contributed by atoms with van der Waals surface area (Å²) in [5.41, 5.74) is -0.221. The molecule has 27 heavy (non-hydrogen) atoms. The van der Waals surface area contributed by atoms with E-state index in [0.29, 0.717) is 12.8 Å². The highest BCUT2D eigenvalue weighted by atomic mass is 32.2. The predicted octanol–water partition coefficient (Wildman–Crippen LogP) is 3.49. The van der Waals surface area contributed by atoms with Crippen molar-refractivity contribution in [3.63, 3.8) is 0 Å². The van der Waals surface area contributed by atoms with Crippen molar-refractivity contribution in [1.82, 2.24) is 0 Å². The predicted molar refractivity (Wildman–Crippen MR) is 97.2 cm³/mol. The van der Waals surface area contributed by atoms with E-state index in [2.05, 4.69) is 5.32 Å². The van der Waals surface area contributed by atoms with Crippen molar-refractivity contribution < 1.29 is 27.5 Å². The van der Waals surface area contributed by atoms with E-state index in [1.807, 2.05) is 0 Å². The largest absolute Gasteiger partial charge is 0.478 e. The maximum absolute atomic E-state index is 13.9. The summed E-state index contributed by atoms with van der Waals surface area (Å²) < 4.78 is 39.0. The van der Waals surface area contributed by atoms with Gasteiger partial charge in [0, 0.05) is 5.56 Å². The molecule has 1 aliphatic carbocycles. The number of aromatic carboxylic acids is 1. The summed E-state index contributed by atoms with van der Waals surface area (Å²) in [6.07, 6.45) is 3.10. The van der Waals surface area contributed by atoms with E-state index in [1.165, 1.54) is 30.3 Å². The van der Waals surface area contributed by atoms with Crippen LogP contribution in [0.1, 0.15) is 46.4 Å². The molecule has 0 saturated heterocycles. The maximum Gasteiger partial charge on any atom is 0.335 e. The zero-order chi connectivity index (χ0) is 19.6. The van der Waals surface area contributed by atoms with E-state index in [0.717, 1.165) is 25.0 Å². The minimum absolute atomic E-state index is 0.160. The molecule has 6 nitrogen and oxygen atoms in total. The van der Waals surface area contributed by atoms with E-state index < -0.39 is 27.5 Å². The lowest BCUT2D eigenvalue weighted by atomic mass is 10.1. The number of carbonyl (C=O) groups is 2. The van der Waals surface area contributed by atoms with Crippen LogP contribution in [0.4, 0.5) is 10.1 Å². The van der Waals surface area contributed by atoms with Gasteiger partial charge in [0.25, 0.3) is 5.91 Å². The lowest BCUT2D eigenvalue weighted by Gasteiger charge is -2.12. The zero-order valence-electron chi connectivity index (χ0n) is 14.3. The quantitative estimate of drug-likeness (QED) is 0.813. The van der Waals surface area contributed by atoms with Crippen LogP contribution in [-0.4, -0.2) is 30.7 Å². The standard InChI is InChI=1S/C19H18FNO5S/c20-16-11-13(19(23)24)7-10-17(16)21-18(22)12-5-8-15(9-6-12)27(25,26)14-3-1-2-4-14/h5-11,14H,1-4H2,(H,21,22)(H,23,24). The van der Waals surface area contributed by atoms with Crippen LogP contribution in [0.2, 0.25) is 0 Å². The minimum Gasteiger partial charge on any atom is -0.478 e. The van der Waals surface area contributed by atoms with Gasteiger partial charge in [0.05, 0.1) is 21.4 Å². The lowest BCUT2D eigenvalue weighted by molar-refractivity contribution is 0.0696. The Balaban J connectivity index is 1.75. The van der Waals surface area contributed by atoms with Crippen molar-refractivity contribution in [2.75, 3.05) is 5.32 Å². The number of halogens is 1. The second-order valence-electron chi connectivity index (χ2n) is 6.43. The van der Waals surface area contributed by atoms with Gasteiger partial charge in [-0.15, -0.1) is 0 Å². The number of carbonyl (C=O) groups excluding carboxylic acids is 1. The molecule has 0 aliphatic heterocycles. The number of hydrogen-bond donors (Lipinski definition) is 2. The highest BCUT2D eigenvalue weighted by Gasteiger charge is 2.30. The molecule has 1 saturated carbocycles. The van der Waals surface area contributed by atoms with Crippen molar-refractivity contribution in [2.24, 2.45) is 0 Å². The average Bonchev–Trinajstić information content (AvgIpc) is 3.19. The summed E-state index contributed by atoms with van der Waals surface area (Å²) in [5, 5.41) is 10.8. The number of carboxylic acids is 1. The molecular weight excluding hydrogens is 373 g/mol. The fraction of sp³-hybridized carbons (Fsp3) is 0.263. The fourth-order valence-corrected chi connectivity index (χ4v) is 4.99. The highest BCUT2D eigenvalue weighted by molar-refractivity contribution is 7.92. The van der Waals surface area contributed by atoms with Gasteiger partial charge in [0.2, 0.25) is 0 Å². The summed E-state index contributed by atoms with van der Waals surface area (Å²) in [6, 6.07) is 8.67. The maximum atomic E-state index is 13.9. The van der Waals surface area contributed by atoms with E-state index >= 15 is 0 Å². The van der Waals surface area contributed by atoms with Crippen LogP contribution < -0.4 is 5.32 Å². The fourth-order valence-electron chi connectivity index (χ4n) is 3.13. The van der Waals surface area contributed by atoms with Crippen molar-refractivity contribution in [3.05, 3.63) is 59.4 Å². The van der Waals surface area contributed by atoms with Crippen molar-refractivity contribution >= 4 is 27.4 Å². The van der Waals surface area contributed by atoms with Crippen LogP contribution in [0.5, 0.6) is 0 Å². The summed E-state index contributed by atoms with van der Waals surface area (Å²) in [7, 11) is -3.41. The van der Waals surface area contributed by atoms with Crippen LogP contribution in [0.25, 0.3) is 0 Å². The molecule has 2 aromatic carbocycles. The lowest BCUT2D eigenvalue weighted by Crippen LogP contribution is -2.18. The van der Waals surface area contributed by atoms with Gasteiger partial charge in [0.1, 0.15) is 5.82 Å². The van der Waals surface area contributed by atoms with Gasteiger partial charge < -0.3 is 10.4 Å².